The smallest absolute Gasteiger partial charge is 0.328 e. The number of carbonyl (C=O) groups excluding carboxylic acids is 1. The molecule has 0 aromatic heterocycles. The van der Waals surface area contributed by atoms with E-state index in [4.69, 9.17) is 16.7 Å². The van der Waals surface area contributed by atoms with Gasteiger partial charge in [0.05, 0.1) is 0 Å². The van der Waals surface area contributed by atoms with Gasteiger partial charge in [0.15, 0.2) is 5.78 Å². The Kier molecular flexibility index (Phi) is 3.63. The highest BCUT2D eigenvalue weighted by atomic mass is 35.5. The molecular formula is C11H9ClO3. The normalized spacial score (nSPS) is 10.5. The Balaban J connectivity index is 3.18. The summed E-state index contributed by atoms with van der Waals surface area (Å²) < 4.78 is 0. The van der Waals surface area contributed by atoms with Crippen molar-refractivity contribution in [2.45, 2.75) is 6.92 Å². The second-order valence-corrected chi connectivity index (χ2v) is 3.40. The molecule has 0 saturated heterocycles. The topological polar surface area (TPSA) is 54.4 Å². The number of rotatable bonds is 3. The van der Waals surface area contributed by atoms with E-state index in [1.54, 1.807) is 18.2 Å². The summed E-state index contributed by atoms with van der Waals surface area (Å²) in [5.74, 6) is -1.19. The van der Waals surface area contributed by atoms with Crippen molar-refractivity contribution in [1.29, 1.82) is 0 Å². The Morgan fingerprint density at radius 1 is 1.40 bits per heavy atom. The van der Waals surface area contributed by atoms with E-state index < -0.39 is 5.97 Å². The molecule has 0 spiro atoms. The number of hydrogen-bond acceptors (Lipinski definition) is 2. The van der Waals surface area contributed by atoms with Crippen LogP contribution in [0.25, 0.3) is 6.08 Å². The van der Waals surface area contributed by atoms with Gasteiger partial charge in [-0.15, -0.1) is 0 Å². The van der Waals surface area contributed by atoms with Gasteiger partial charge in [0.25, 0.3) is 0 Å². The molecule has 0 aliphatic rings. The summed E-state index contributed by atoms with van der Waals surface area (Å²) in [4.78, 5) is 21.5. The van der Waals surface area contributed by atoms with Crippen molar-refractivity contribution in [2.75, 3.05) is 0 Å². The fourth-order valence-corrected chi connectivity index (χ4v) is 1.33. The minimum absolute atomic E-state index is 0.128. The molecule has 0 aliphatic heterocycles. The lowest BCUT2D eigenvalue weighted by Gasteiger charge is -2.02. The lowest BCUT2D eigenvalue weighted by atomic mass is 10.0. The van der Waals surface area contributed by atoms with Crippen molar-refractivity contribution in [3.63, 3.8) is 0 Å². The van der Waals surface area contributed by atoms with Crippen LogP contribution in [0.4, 0.5) is 0 Å². The van der Waals surface area contributed by atoms with Crippen molar-refractivity contribution < 1.29 is 14.7 Å². The highest BCUT2D eigenvalue weighted by Crippen LogP contribution is 2.18. The lowest BCUT2D eigenvalue weighted by molar-refractivity contribution is -0.131. The Hall–Kier alpha value is -1.61. The van der Waals surface area contributed by atoms with Gasteiger partial charge in [-0.2, -0.15) is 0 Å². The third-order valence-electron chi connectivity index (χ3n) is 1.80. The molecule has 1 aromatic rings. The first-order valence-corrected chi connectivity index (χ1v) is 4.60. The van der Waals surface area contributed by atoms with Gasteiger partial charge >= 0.3 is 5.97 Å². The average molecular weight is 225 g/mol. The van der Waals surface area contributed by atoms with Crippen molar-refractivity contribution >= 4 is 29.4 Å². The van der Waals surface area contributed by atoms with Crippen LogP contribution in [0, 0.1) is 0 Å². The van der Waals surface area contributed by atoms with Crippen LogP contribution in [0.2, 0.25) is 5.02 Å². The predicted molar refractivity (Wildman–Crippen MR) is 58.1 cm³/mol. The van der Waals surface area contributed by atoms with E-state index in [-0.39, 0.29) is 5.78 Å². The molecule has 1 rings (SSSR count). The van der Waals surface area contributed by atoms with E-state index in [9.17, 15) is 9.59 Å². The zero-order chi connectivity index (χ0) is 11.4. The maximum absolute atomic E-state index is 11.2. The summed E-state index contributed by atoms with van der Waals surface area (Å²) in [6.07, 6.45) is 2.32. The van der Waals surface area contributed by atoms with E-state index in [2.05, 4.69) is 0 Å². The number of halogens is 1. The molecule has 1 N–H and O–H groups in total. The summed E-state index contributed by atoms with van der Waals surface area (Å²) in [7, 11) is 0. The number of hydrogen-bond donors (Lipinski definition) is 1. The minimum atomic E-state index is -1.07. The van der Waals surface area contributed by atoms with Crippen LogP contribution in [-0.2, 0) is 4.79 Å². The fraction of sp³-hybridized carbons (Fsp3) is 0.0909. The summed E-state index contributed by atoms with van der Waals surface area (Å²) in [5, 5.41) is 8.93. The molecule has 4 heteroatoms. The molecule has 3 nitrogen and oxygen atoms in total. The van der Waals surface area contributed by atoms with Gasteiger partial charge in [0, 0.05) is 16.7 Å². The first-order valence-electron chi connectivity index (χ1n) is 4.22. The van der Waals surface area contributed by atoms with E-state index in [0.29, 0.717) is 16.1 Å². The highest BCUT2D eigenvalue weighted by molar-refractivity contribution is 6.30. The monoisotopic (exact) mass is 224 g/mol. The van der Waals surface area contributed by atoms with Gasteiger partial charge in [-0.25, -0.2) is 4.79 Å². The van der Waals surface area contributed by atoms with Gasteiger partial charge in [0.1, 0.15) is 0 Å². The molecule has 0 fully saturated rings. The molecule has 0 amide bonds. The van der Waals surface area contributed by atoms with Crippen molar-refractivity contribution in [1.82, 2.24) is 0 Å². The number of carboxylic acids is 1. The summed E-state index contributed by atoms with van der Waals surface area (Å²) >= 11 is 5.74. The van der Waals surface area contributed by atoms with Gasteiger partial charge < -0.3 is 5.11 Å². The van der Waals surface area contributed by atoms with E-state index >= 15 is 0 Å². The molecule has 0 radical (unpaired) electrons. The maximum Gasteiger partial charge on any atom is 0.328 e. The number of aliphatic carboxylic acids is 1. The van der Waals surface area contributed by atoms with Gasteiger partial charge in [0.2, 0.25) is 0 Å². The first kappa shape index (κ1) is 11.5. The number of Topliss-reactive ketones (excluding diaryl/α,β-unsaturated/α-hetero) is 1. The Morgan fingerprint density at radius 2 is 2.07 bits per heavy atom. The van der Waals surface area contributed by atoms with E-state index in [1.807, 2.05) is 0 Å². The molecule has 1 aromatic carbocycles. The maximum atomic E-state index is 11.2. The average Bonchev–Trinajstić information content (AvgIpc) is 2.14. The molecular weight excluding hydrogens is 216 g/mol. The Bertz CT molecular complexity index is 435. The van der Waals surface area contributed by atoms with Crippen LogP contribution < -0.4 is 0 Å². The zero-order valence-electron chi connectivity index (χ0n) is 8.03. The van der Waals surface area contributed by atoms with Crippen LogP contribution in [0.1, 0.15) is 22.8 Å². The molecule has 0 atom stereocenters. The van der Waals surface area contributed by atoms with Crippen molar-refractivity contribution in [3.8, 4) is 0 Å². The fourth-order valence-electron chi connectivity index (χ4n) is 1.15. The van der Waals surface area contributed by atoms with Gasteiger partial charge in [-0.05, 0) is 36.8 Å². The Morgan fingerprint density at radius 3 is 2.60 bits per heavy atom. The second kappa shape index (κ2) is 4.75. The molecule has 0 bridgehead atoms. The standard InChI is InChI=1S/C11H9ClO3/c1-7(13)10-4-3-9(12)6-8(10)2-5-11(14)15/h2-6H,1H3,(H,14,15)/b5-2+. The Labute approximate surface area is 92.0 Å². The predicted octanol–water partition coefficient (Wildman–Crippen LogP) is 2.64. The quantitative estimate of drug-likeness (QED) is 0.634. The third kappa shape index (κ3) is 3.22. The van der Waals surface area contributed by atoms with Gasteiger partial charge in [-0.1, -0.05) is 11.6 Å². The van der Waals surface area contributed by atoms with Crippen LogP contribution in [-0.4, -0.2) is 16.9 Å². The zero-order valence-corrected chi connectivity index (χ0v) is 8.78. The highest BCUT2D eigenvalue weighted by Gasteiger charge is 2.05. The van der Waals surface area contributed by atoms with Crippen LogP contribution in [0.15, 0.2) is 24.3 Å². The van der Waals surface area contributed by atoms with Crippen LogP contribution in [0.5, 0.6) is 0 Å². The van der Waals surface area contributed by atoms with Gasteiger partial charge in [-0.3, -0.25) is 4.79 Å². The van der Waals surface area contributed by atoms with Crippen molar-refractivity contribution in [2.24, 2.45) is 0 Å². The van der Waals surface area contributed by atoms with Crippen molar-refractivity contribution in [3.05, 3.63) is 40.4 Å². The number of carboxylic acid groups (broad SMARTS) is 1. The first-order chi connectivity index (χ1) is 7.00. The third-order valence-corrected chi connectivity index (χ3v) is 2.03. The summed E-state index contributed by atoms with van der Waals surface area (Å²) in [6.45, 7) is 1.42. The molecule has 0 heterocycles. The van der Waals surface area contributed by atoms with Crippen LogP contribution >= 0.6 is 11.6 Å². The number of ketones is 1. The molecule has 0 unspecified atom stereocenters. The summed E-state index contributed by atoms with van der Waals surface area (Å²) in [6, 6.07) is 4.72. The van der Waals surface area contributed by atoms with E-state index in [1.165, 1.54) is 13.0 Å². The molecule has 0 saturated carbocycles. The largest absolute Gasteiger partial charge is 0.478 e. The molecule has 78 valence electrons. The molecule has 0 aliphatic carbocycles. The molecule has 15 heavy (non-hydrogen) atoms. The van der Waals surface area contributed by atoms with Crippen LogP contribution in [0.3, 0.4) is 0 Å². The SMILES string of the molecule is CC(=O)c1ccc(Cl)cc1/C=C/C(=O)O. The summed E-state index contributed by atoms with van der Waals surface area (Å²) in [5.41, 5.74) is 0.967. The van der Waals surface area contributed by atoms with E-state index in [0.717, 1.165) is 6.08 Å². The second-order valence-electron chi connectivity index (χ2n) is 2.96. The number of benzene rings is 1. The lowest BCUT2D eigenvalue weighted by Crippen LogP contribution is -1.96. The minimum Gasteiger partial charge on any atom is -0.478 e. The number of carbonyl (C=O) groups is 2.